The summed E-state index contributed by atoms with van der Waals surface area (Å²) in [6.07, 6.45) is 1.76. The van der Waals surface area contributed by atoms with Crippen molar-refractivity contribution in [3.63, 3.8) is 0 Å². The van der Waals surface area contributed by atoms with E-state index in [2.05, 4.69) is 4.74 Å². The molecule has 0 aromatic carbocycles. The first-order valence-corrected chi connectivity index (χ1v) is 5.63. The summed E-state index contributed by atoms with van der Waals surface area (Å²) in [5, 5.41) is 8.81. The van der Waals surface area contributed by atoms with Gasteiger partial charge in [0.2, 0.25) is 0 Å². The maximum Gasteiger partial charge on any atom is 0.348 e. The van der Waals surface area contributed by atoms with Crippen LogP contribution in [0.25, 0.3) is 0 Å². The predicted molar refractivity (Wildman–Crippen MR) is 54.4 cm³/mol. The summed E-state index contributed by atoms with van der Waals surface area (Å²) in [6, 6.07) is 1.34. The molecule has 1 rings (SSSR count). The van der Waals surface area contributed by atoms with Crippen LogP contribution in [0.4, 0.5) is 0 Å². The smallest absolute Gasteiger partial charge is 0.348 e. The summed E-state index contributed by atoms with van der Waals surface area (Å²) >= 11 is 2.43. The van der Waals surface area contributed by atoms with Gasteiger partial charge in [0.1, 0.15) is 4.88 Å². The van der Waals surface area contributed by atoms with Crippen molar-refractivity contribution < 1.29 is 19.4 Å². The van der Waals surface area contributed by atoms with E-state index in [9.17, 15) is 9.59 Å². The van der Waals surface area contributed by atoms with E-state index >= 15 is 0 Å². The van der Waals surface area contributed by atoms with Crippen LogP contribution in [0.1, 0.15) is 20.0 Å². The van der Waals surface area contributed by atoms with Crippen LogP contribution >= 0.6 is 23.1 Å². The Morgan fingerprint density at radius 2 is 2.21 bits per heavy atom. The van der Waals surface area contributed by atoms with Crippen molar-refractivity contribution >= 4 is 35.0 Å². The molecule has 0 unspecified atom stereocenters. The first kappa shape index (κ1) is 11.1. The maximum absolute atomic E-state index is 11.1. The highest BCUT2D eigenvalue weighted by Crippen LogP contribution is 2.30. The molecule has 1 N–H and O–H groups in total. The number of esters is 1. The van der Waals surface area contributed by atoms with E-state index < -0.39 is 11.9 Å². The monoisotopic (exact) mass is 232 g/mol. The molecule has 0 aliphatic heterocycles. The molecule has 0 radical (unpaired) electrons. The maximum atomic E-state index is 11.1. The lowest BCUT2D eigenvalue weighted by Crippen LogP contribution is -1.98. The van der Waals surface area contributed by atoms with Gasteiger partial charge in [0.05, 0.1) is 16.9 Å². The fraction of sp³-hybridized carbons (Fsp3) is 0.250. The van der Waals surface area contributed by atoms with Gasteiger partial charge in [-0.05, 0) is 12.3 Å². The zero-order valence-corrected chi connectivity index (χ0v) is 9.20. The number of hydrogen-bond donors (Lipinski definition) is 1. The third kappa shape index (κ3) is 2.08. The van der Waals surface area contributed by atoms with Gasteiger partial charge in [0.25, 0.3) is 0 Å². The van der Waals surface area contributed by atoms with Gasteiger partial charge in [-0.25, -0.2) is 9.59 Å². The number of aromatic carboxylic acids is 1. The lowest BCUT2D eigenvalue weighted by atomic mass is 10.3. The molecule has 0 saturated carbocycles. The largest absolute Gasteiger partial charge is 0.478 e. The van der Waals surface area contributed by atoms with Crippen molar-refractivity contribution in [2.45, 2.75) is 4.21 Å². The highest BCUT2D eigenvalue weighted by molar-refractivity contribution is 8.00. The minimum atomic E-state index is -1.03. The zero-order valence-electron chi connectivity index (χ0n) is 7.57. The molecule has 76 valence electrons. The number of ether oxygens (including phenoxy) is 1. The SMILES string of the molecule is COC(=O)c1cc(C(=O)O)c(SC)s1. The van der Waals surface area contributed by atoms with Crippen LogP contribution in [-0.2, 0) is 4.74 Å². The predicted octanol–water partition coefficient (Wildman–Crippen LogP) is 1.95. The fourth-order valence-electron chi connectivity index (χ4n) is 0.876. The molecule has 14 heavy (non-hydrogen) atoms. The standard InChI is InChI=1S/C8H8O4S2/c1-12-7(11)5-3-4(6(9)10)8(13-2)14-5/h3H,1-2H3,(H,9,10). The summed E-state index contributed by atoms with van der Waals surface area (Å²) in [4.78, 5) is 22.2. The minimum absolute atomic E-state index is 0.155. The molecule has 0 aliphatic carbocycles. The topological polar surface area (TPSA) is 63.6 Å². The van der Waals surface area contributed by atoms with Crippen LogP contribution in [0.3, 0.4) is 0 Å². The first-order chi connectivity index (χ1) is 6.60. The lowest BCUT2D eigenvalue weighted by molar-refractivity contribution is 0.0606. The molecule has 0 amide bonds. The van der Waals surface area contributed by atoms with Crippen molar-refractivity contribution in [1.29, 1.82) is 0 Å². The summed E-state index contributed by atoms with van der Waals surface area (Å²) in [7, 11) is 1.27. The van der Waals surface area contributed by atoms with Gasteiger partial charge in [-0.2, -0.15) is 0 Å². The van der Waals surface area contributed by atoms with Gasteiger partial charge in [0, 0.05) is 0 Å². The third-order valence-corrected chi connectivity index (χ3v) is 3.75. The summed E-state index contributed by atoms with van der Waals surface area (Å²) in [6.45, 7) is 0. The molecule has 4 nitrogen and oxygen atoms in total. The molecular formula is C8H8O4S2. The molecule has 0 bridgehead atoms. The second kappa shape index (κ2) is 4.47. The molecule has 0 spiro atoms. The lowest BCUT2D eigenvalue weighted by Gasteiger charge is -1.91. The van der Waals surface area contributed by atoms with Crippen molar-refractivity contribution in [3.8, 4) is 0 Å². The van der Waals surface area contributed by atoms with Gasteiger partial charge in [-0.15, -0.1) is 23.1 Å². The van der Waals surface area contributed by atoms with Gasteiger partial charge in [-0.3, -0.25) is 0 Å². The number of carboxylic acid groups (broad SMARTS) is 1. The van der Waals surface area contributed by atoms with Crippen LogP contribution in [0, 0.1) is 0 Å². The number of thioether (sulfide) groups is 1. The number of thiophene rings is 1. The van der Waals surface area contributed by atoms with E-state index in [1.165, 1.54) is 24.9 Å². The first-order valence-electron chi connectivity index (χ1n) is 3.59. The molecule has 0 fully saturated rings. The van der Waals surface area contributed by atoms with Gasteiger partial charge in [-0.1, -0.05) is 0 Å². The Labute approximate surface area is 88.9 Å². The number of carboxylic acids is 1. The number of carbonyl (C=O) groups excluding carboxylic acids is 1. The van der Waals surface area contributed by atoms with Crippen LogP contribution in [-0.4, -0.2) is 30.4 Å². The summed E-state index contributed by atoms with van der Waals surface area (Å²) in [5.74, 6) is -1.53. The number of carbonyl (C=O) groups is 2. The molecule has 1 aromatic rings. The molecule has 0 saturated heterocycles. The summed E-state index contributed by atoms with van der Waals surface area (Å²) in [5.41, 5.74) is 0.155. The molecule has 1 aromatic heterocycles. The van der Waals surface area contributed by atoms with E-state index in [4.69, 9.17) is 5.11 Å². The Hall–Kier alpha value is -1.01. The average Bonchev–Trinajstić information content (AvgIpc) is 2.60. The van der Waals surface area contributed by atoms with E-state index in [1.54, 1.807) is 6.26 Å². The van der Waals surface area contributed by atoms with Crippen LogP contribution < -0.4 is 0 Å². The van der Waals surface area contributed by atoms with E-state index in [0.717, 1.165) is 11.3 Å². The Kier molecular flexibility index (Phi) is 3.54. The zero-order chi connectivity index (χ0) is 10.7. The molecule has 0 aliphatic rings. The molecule has 6 heteroatoms. The Bertz CT molecular complexity index is 369. The van der Waals surface area contributed by atoms with E-state index in [-0.39, 0.29) is 5.56 Å². The van der Waals surface area contributed by atoms with Crippen LogP contribution in [0.5, 0.6) is 0 Å². The van der Waals surface area contributed by atoms with Crippen LogP contribution in [0.2, 0.25) is 0 Å². The van der Waals surface area contributed by atoms with Crippen molar-refractivity contribution in [2.24, 2.45) is 0 Å². The number of hydrogen-bond acceptors (Lipinski definition) is 5. The highest BCUT2D eigenvalue weighted by Gasteiger charge is 2.18. The van der Waals surface area contributed by atoms with E-state index in [1.807, 2.05) is 0 Å². The molecule has 0 atom stereocenters. The number of methoxy groups -OCH3 is 1. The van der Waals surface area contributed by atoms with Gasteiger partial charge >= 0.3 is 11.9 Å². The van der Waals surface area contributed by atoms with Crippen molar-refractivity contribution in [3.05, 3.63) is 16.5 Å². The Morgan fingerprint density at radius 3 is 2.57 bits per heavy atom. The van der Waals surface area contributed by atoms with Crippen LogP contribution in [0.15, 0.2) is 10.3 Å². The highest BCUT2D eigenvalue weighted by atomic mass is 32.2. The quantitative estimate of drug-likeness (QED) is 0.637. The Balaban J connectivity index is 3.13. The van der Waals surface area contributed by atoms with Gasteiger partial charge < -0.3 is 9.84 Å². The summed E-state index contributed by atoms with van der Waals surface area (Å²) < 4.78 is 5.11. The van der Waals surface area contributed by atoms with Crippen molar-refractivity contribution in [1.82, 2.24) is 0 Å². The fourth-order valence-corrected chi connectivity index (χ4v) is 2.64. The second-order valence-electron chi connectivity index (χ2n) is 2.31. The van der Waals surface area contributed by atoms with Gasteiger partial charge in [0.15, 0.2) is 0 Å². The normalized spacial score (nSPS) is 9.86. The van der Waals surface area contributed by atoms with Crippen molar-refractivity contribution in [2.75, 3.05) is 13.4 Å². The second-order valence-corrected chi connectivity index (χ2v) is 4.44. The minimum Gasteiger partial charge on any atom is -0.478 e. The Morgan fingerprint density at radius 1 is 1.57 bits per heavy atom. The molecular weight excluding hydrogens is 224 g/mol. The molecule has 1 heterocycles. The number of rotatable bonds is 3. The average molecular weight is 232 g/mol. The van der Waals surface area contributed by atoms with E-state index in [0.29, 0.717) is 9.09 Å². The third-order valence-electron chi connectivity index (χ3n) is 1.50.